The van der Waals surface area contributed by atoms with Crippen LogP contribution in [0.2, 0.25) is 0 Å². The number of hydrogen-bond donors (Lipinski definition) is 2. The summed E-state index contributed by atoms with van der Waals surface area (Å²) in [6.45, 7) is 0.319. The predicted octanol–water partition coefficient (Wildman–Crippen LogP) is 5.50. The minimum atomic E-state index is -0.907. The third-order valence-electron chi connectivity index (χ3n) is 5.59. The first-order valence-corrected chi connectivity index (χ1v) is 11.8. The van der Waals surface area contributed by atoms with Crippen LogP contribution in [0.25, 0.3) is 10.1 Å². The van der Waals surface area contributed by atoms with Crippen LogP contribution in [0, 0.1) is 0 Å². The Kier molecular flexibility index (Phi) is 7.74. The number of carboxylic acid groups (broad SMARTS) is 1. The molecule has 3 aromatic carbocycles. The van der Waals surface area contributed by atoms with Crippen LogP contribution in [-0.2, 0) is 17.8 Å². The minimum Gasteiger partial charge on any atom is -0.497 e. The summed E-state index contributed by atoms with van der Waals surface area (Å²) >= 11 is 1.52. The van der Waals surface area contributed by atoms with Crippen molar-refractivity contribution in [2.75, 3.05) is 21.3 Å². The first-order chi connectivity index (χ1) is 17.0. The van der Waals surface area contributed by atoms with E-state index >= 15 is 0 Å². The first kappa shape index (κ1) is 24.4. The zero-order chi connectivity index (χ0) is 24.8. The molecule has 35 heavy (non-hydrogen) atoms. The fourth-order valence-electron chi connectivity index (χ4n) is 3.75. The maximum Gasteiger partial charge on any atom is 0.321 e. The third kappa shape index (κ3) is 5.67. The van der Waals surface area contributed by atoms with Crippen molar-refractivity contribution in [2.45, 2.75) is 19.0 Å². The number of fused-ring (bicyclic) bond motifs is 1. The molecule has 0 spiro atoms. The minimum absolute atomic E-state index is 0.319. The van der Waals surface area contributed by atoms with Gasteiger partial charge in [-0.2, -0.15) is 0 Å². The summed E-state index contributed by atoms with van der Waals surface area (Å²) in [7, 11) is 4.79. The molecule has 1 unspecified atom stereocenters. The summed E-state index contributed by atoms with van der Waals surface area (Å²) in [5.41, 5.74) is 0.952. The Labute approximate surface area is 207 Å². The number of benzene rings is 3. The molecule has 2 N–H and O–H groups in total. The van der Waals surface area contributed by atoms with Crippen LogP contribution in [0.4, 0.5) is 0 Å². The second-order valence-corrected chi connectivity index (χ2v) is 8.93. The highest BCUT2D eigenvalue weighted by Gasteiger charge is 2.22. The second kappa shape index (κ2) is 11.1. The molecule has 4 rings (SSSR count). The molecule has 4 aromatic rings. The fraction of sp³-hybridized carbons (Fsp3) is 0.222. The lowest BCUT2D eigenvalue weighted by Crippen LogP contribution is -2.37. The van der Waals surface area contributed by atoms with E-state index in [4.69, 9.17) is 18.9 Å². The third-order valence-corrected chi connectivity index (χ3v) is 6.72. The van der Waals surface area contributed by atoms with Crippen LogP contribution in [0.1, 0.15) is 10.4 Å². The largest absolute Gasteiger partial charge is 0.497 e. The summed E-state index contributed by atoms with van der Waals surface area (Å²) < 4.78 is 23.5. The van der Waals surface area contributed by atoms with Gasteiger partial charge in [-0.05, 0) is 42.3 Å². The molecular weight excluding hydrogens is 466 g/mol. The fourth-order valence-corrected chi connectivity index (χ4v) is 4.85. The zero-order valence-electron chi connectivity index (χ0n) is 19.7. The normalized spacial score (nSPS) is 11.7. The molecule has 182 valence electrons. The Morgan fingerprint density at radius 1 is 0.914 bits per heavy atom. The van der Waals surface area contributed by atoms with Crippen molar-refractivity contribution >= 4 is 27.4 Å². The van der Waals surface area contributed by atoms with Crippen molar-refractivity contribution in [3.05, 3.63) is 77.2 Å². The Morgan fingerprint density at radius 3 is 2.20 bits per heavy atom. The average molecular weight is 494 g/mol. The molecule has 0 aliphatic carbocycles. The Bertz CT molecular complexity index is 1290. The van der Waals surface area contributed by atoms with Crippen molar-refractivity contribution in [3.8, 4) is 28.7 Å². The highest BCUT2D eigenvalue weighted by molar-refractivity contribution is 7.19. The summed E-state index contributed by atoms with van der Waals surface area (Å²) in [5, 5.41) is 13.9. The van der Waals surface area contributed by atoms with E-state index in [0.29, 0.717) is 36.0 Å². The number of thiophene rings is 1. The highest BCUT2D eigenvalue weighted by atomic mass is 32.1. The predicted molar refractivity (Wildman–Crippen MR) is 136 cm³/mol. The second-order valence-electron chi connectivity index (χ2n) is 7.80. The van der Waals surface area contributed by atoms with Gasteiger partial charge >= 0.3 is 5.97 Å². The van der Waals surface area contributed by atoms with Gasteiger partial charge in [0.2, 0.25) is 0 Å². The highest BCUT2D eigenvalue weighted by Crippen LogP contribution is 2.45. The van der Waals surface area contributed by atoms with Crippen molar-refractivity contribution in [2.24, 2.45) is 0 Å². The van der Waals surface area contributed by atoms with Gasteiger partial charge in [-0.25, -0.2) is 0 Å². The number of hydrogen-bond acceptors (Lipinski definition) is 7. The lowest BCUT2D eigenvalue weighted by Gasteiger charge is -2.15. The van der Waals surface area contributed by atoms with Crippen LogP contribution in [0.3, 0.4) is 0 Å². The van der Waals surface area contributed by atoms with Crippen molar-refractivity contribution in [1.82, 2.24) is 5.32 Å². The molecule has 0 bridgehead atoms. The van der Waals surface area contributed by atoms with E-state index < -0.39 is 12.0 Å². The van der Waals surface area contributed by atoms with Gasteiger partial charge in [0, 0.05) is 22.7 Å². The van der Waals surface area contributed by atoms with Gasteiger partial charge in [0.25, 0.3) is 0 Å². The van der Waals surface area contributed by atoms with E-state index in [0.717, 1.165) is 26.3 Å². The quantitative estimate of drug-likeness (QED) is 0.285. The number of carbonyl (C=O) groups is 1. The maximum absolute atomic E-state index is 12.0. The standard InChI is InChI=1S/C27H27NO6S/c1-31-18-9-11-19(12-10-18)34-26-20-14-22(32-2)23(33-3)15-24(20)35-25(26)16-28-21(27(29)30)13-17-7-5-4-6-8-17/h4-12,14-15,21,28H,13,16H2,1-3H3,(H,29,30). The summed E-state index contributed by atoms with van der Waals surface area (Å²) in [5.74, 6) is 2.31. The van der Waals surface area contributed by atoms with Crippen LogP contribution in [0.5, 0.6) is 28.7 Å². The van der Waals surface area contributed by atoms with Crippen LogP contribution in [-0.4, -0.2) is 38.4 Å². The van der Waals surface area contributed by atoms with E-state index in [2.05, 4.69) is 5.32 Å². The smallest absolute Gasteiger partial charge is 0.321 e. The number of aliphatic carboxylic acids is 1. The van der Waals surface area contributed by atoms with Gasteiger partial charge < -0.3 is 24.1 Å². The molecular formula is C27H27NO6S. The molecule has 0 fully saturated rings. The lowest BCUT2D eigenvalue weighted by molar-refractivity contribution is -0.139. The Hall–Kier alpha value is -3.75. The molecule has 8 heteroatoms. The van der Waals surface area contributed by atoms with E-state index in [1.807, 2.05) is 66.7 Å². The maximum atomic E-state index is 12.0. The van der Waals surface area contributed by atoms with E-state index in [1.165, 1.54) is 11.3 Å². The SMILES string of the molecule is COc1ccc(Oc2c(CNC(Cc3ccccc3)C(=O)O)sc3cc(OC)c(OC)cc23)cc1. The van der Waals surface area contributed by atoms with Crippen molar-refractivity contribution < 1.29 is 28.8 Å². The number of methoxy groups -OCH3 is 3. The van der Waals surface area contributed by atoms with Crippen LogP contribution >= 0.6 is 11.3 Å². The van der Waals surface area contributed by atoms with Gasteiger partial charge in [0.05, 0.1) is 26.2 Å². The van der Waals surface area contributed by atoms with Gasteiger partial charge in [-0.15, -0.1) is 11.3 Å². The van der Waals surface area contributed by atoms with Crippen LogP contribution in [0.15, 0.2) is 66.7 Å². The van der Waals surface area contributed by atoms with Gasteiger partial charge in [-0.1, -0.05) is 30.3 Å². The van der Waals surface area contributed by atoms with E-state index in [-0.39, 0.29) is 0 Å². The lowest BCUT2D eigenvalue weighted by atomic mass is 10.1. The summed E-state index contributed by atoms with van der Waals surface area (Å²) in [6.07, 6.45) is 0.372. The van der Waals surface area contributed by atoms with Crippen molar-refractivity contribution in [3.63, 3.8) is 0 Å². The van der Waals surface area contributed by atoms with Gasteiger partial charge in [0.15, 0.2) is 17.2 Å². The molecule has 0 saturated heterocycles. The number of nitrogens with one attached hydrogen (secondary N) is 1. The molecule has 0 radical (unpaired) electrons. The molecule has 7 nitrogen and oxygen atoms in total. The zero-order valence-corrected chi connectivity index (χ0v) is 20.6. The monoisotopic (exact) mass is 493 g/mol. The molecule has 0 aliphatic heterocycles. The van der Waals surface area contributed by atoms with E-state index in [9.17, 15) is 9.90 Å². The number of ether oxygens (including phenoxy) is 4. The molecule has 0 amide bonds. The molecule has 0 aliphatic rings. The summed E-state index contributed by atoms with van der Waals surface area (Å²) in [4.78, 5) is 12.8. The average Bonchev–Trinajstić information content (AvgIpc) is 3.22. The molecule has 1 atom stereocenters. The number of rotatable bonds is 11. The molecule has 1 heterocycles. The summed E-state index contributed by atoms with van der Waals surface area (Å²) in [6, 6.07) is 19.9. The Morgan fingerprint density at radius 2 is 1.57 bits per heavy atom. The van der Waals surface area contributed by atoms with Gasteiger partial charge in [-0.3, -0.25) is 10.1 Å². The molecule has 0 saturated carbocycles. The first-order valence-electron chi connectivity index (χ1n) is 11.0. The number of carboxylic acids is 1. The topological polar surface area (TPSA) is 86.3 Å². The van der Waals surface area contributed by atoms with Gasteiger partial charge in [0.1, 0.15) is 17.5 Å². The van der Waals surface area contributed by atoms with E-state index in [1.54, 1.807) is 21.3 Å². The molecule has 1 aromatic heterocycles. The van der Waals surface area contributed by atoms with Crippen molar-refractivity contribution in [1.29, 1.82) is 0 Å². The Balaban J connectivity index is 1.67. The van der Waals surface area contributed by atoms with Crippen LogP contribution < -0.4 is 24.3 Å².